The van der Waals surface area contributed by atoms with Crippen molar-refractivity contribution in [3.63, 3.8) is 0 Å². The van der Waals surface area contributed by atoms with Crippen LogP contribution in [0.5, 0.6) is 5.75 Å². The second kappa shape index (κ2) is 6.16. The monoisotopic (exact) mass is 295 g/mol. The van der Waals surface area contributed by atoms with Gasteiger partial charge in [-0.1, -0.05) is 16.8 Å². The Bertz CT molecular complexity index is 641. The van der Waals surface area contributed by atoms with Crippen LogP contribution in [0.15, 0.2) is 24.4 Å². The molecule has 0 fully saturated rings. The summed E-state index contributed by atoms with van der Waals surface area (Å²) in [5.74, 6) is -0.694. The zero-order valence-corrected chi connectivity index (χ0v) is 10.9. The Morgan fingerprint density at radius 3 is 2.90 bits per heavy atom. The number of benzene rings is 1. The lowest BCUT2D eigenvalue weighted by Crippen LogP contribution is -2.09. The van der Waals surface area contributed by atoms with Gasteiger partial charge in [-0.15, -0.1) is 5.10 Å². The fourth-order valence-corrected chi connectivity index (χ4v) is 1.71. The van der Waals surface area contributed by atoms with E-state index in [1.807, 2.05) is 0 Å². The van der Waals surface area contributed by atoms with E-state index in [0.717, 1.165) is 0 Å². The molecule has 0 saturated carbocycles. The summed E-state index contributed by atoms with van der Waals surface area (Å²) in [6.45, 7) is 0.564. The van der Waals surface area contributed by atoms with Crippen LogP contribution in [0.25, 0.3) is 0 Å². The van der Waals surface area contributed by atoms with Crippen molar-refractivity contribution in [1.82, 2.24) is 15.0 Å². The third-order valence-electron chi connectivity index (χ3n) is 2.43. The van der Waals surface area contributed by atoms with Gasteiger partial charge in [-0.3, -0.25) is 4.79 Å². The average molecular weight is 296 g/mol. The van der Waals surface area contributed by atoms with E-state index in [2.05, 4.69) is 10.3 Å². The number of carbonyl (C=O) groups excluding carboxylic acids is 1. The molecular weight excluding hydrogens is 286 g/mol. The fraction of sp³-hybridized carbons (Fsp3) is 0.167. The first kappa shape index (κ1) is 14.0. The Morgan fingerprint density at radius 2 is 2.30 bits per heavy atom. The van der Waals surface area contributed by atoms with Crippen molar-refractivity contribution < 1.29 is 19.4 Å². The Kier molecular flexibility index (Phi) is 4.31. The maximum Gasteiger partial charge on any atom is 0.358 e. The minimum atomic E-state index is -1.13. The Morgan fingerprint density at radius 1 is 1.50 bits per heavy atom. The van der Waals surface area contributed by atoms with Crippen molar-refractivity contribution in [3.05, 3.63) is 40.7 Å². The van der Waals surface area contributed by atoms with Gasteiger partial charge in [0.05, 0.1) is 17.8 Å². The van der Waals surface area contributed by atoms with E-state index >= 15 is 0 Å². The zero-order valence-electron chi connectivity index (χ0n) is 10.2. The van der Waals surface area contributed by atoms with Crippen LogP contribution in [0.4, 0.5) is 0 Å². The minimum absolute atomic E-state index is 0.127. The number of carboxylic acids is 1. The molecule has 0 spiro atoms. The predicted molar refractivity (Wildman–Crippen MR) is 69.3 cm³/mol. The van der Waals surface area contributed by atoms with Crippen LogP contribution >= 0.6 is 11.6 Å². The average Bonchev–Trinajstić information content (AvgIpc) is 2.89. The van der Waals surface area contributed by atoms with E-state index in [0.29, 0.717) is 29.2 Å². The fourth-order valence-electron chi connectivity index (χ4n) is 1.46. The number of aromatic nitrogens is 3. The van der Waals surface area contributed by atoms with Crippen LogP contribution in [-0.2, 0) is 6.54 Å². The van der Waals surface area contributed by atoms with E-state index in [9.17, 15) is 9.59 Å². The van der Waals surface area contributed by atoms with Gasteiger partial charge < -0.3 is 9.84 Å². The van der Waals surface area contributed by atoms with E-state index in [1.54, 1.807) is 12.1 Å². The van der Waals surface area contributed by atoms with Crippen LogP contribution in [0.1, 0.15) is 20.8 Å². The van der Waals surface area contributed by atoms with Crippen molar-refractivity contribution in [2.75, 3.05) is 6.61 Å². The number of aromatic carboxylic acids is 1. The molecule has 2 rings (SSSR count). The van der Waals surface area contributed by atoms with Crippen LogP contribution in [0.2, 0.25) is 5.02 Å². The highest BCUT2D eigenvalue weighted by Crippen LogP contribution is 2.24. The highest BCUT2D eigenvalue weighted by Gasteiger charge is 2.08. The Labute approximate surface area is 118 Å². The second-order valence-electron chi connectivity index (χ2n) is 3.83. The standard InChI is InChI=1S/C12H10ClN3O4/c13-9-5-8(7-17)1-2-11(9)20-4-3-16-6-10(12(18)19)14-15-16/h1-2,5-7H,3-4H2,(H,18,19). The van der Waals surface area contributed by atoms with Gasteiger partial charge in [-0.2, -0.15) is 0 Å². The normalized spacial score (nSPS) is 10.2. The molecule has 8 heteroatoms. The summed E-state index contributed by atoms with van der Waals surface area (Å²) in [5, 5.41) is 16.1. The van der Waals surface area contributed by atoms with Gasteiger partial charge in [0.25, 0.3) is 0 Å². The maximum atomic E-state index is 10.6. The Hall–Kier alpha value is -2.41. The lowest BCUT2D eigenvalue weighted by Gasteiger charge is -2.07. The summed E-state index contributed by atoms with van der Waals surface area (Å²) in [7, 11) is 0. The molecule has 1 N–H and O–H groups in total. The van der Waals surface area contributed by atoms with Crippen LogP contribution in [0, 0.1) is 0 Å². The molecule has 0 saturated heterocycles. The third-order valence-corrected chi connectivity index (χ3v) is 2.72. The molecule has 0 bridgehead atoms. The number of ether oxygens (including phenoxy) is 1. The highest BCUT2D eigenvalue weighted by atomic mass is 35.5. The summed E-state index contributed by atoms with van der Waals surface area (Å²) >= 11 is 5.94. The molecule has 0 aliphatic heterocycles. The molecule has 20 heavy (non-hydrogen) atoms. The molecule has 0 amide bonds. The lowest BCUT2D eigenvalue weighted by molar-refractivity contribution is 0.0690. The van der Waals surface area contributed by atoms with Crippen molar-refractivity contribution in [3.8, 4) is 5.75 Å². The first-order valence-corrected chi connectivity index (χ1v) is 5.99. The topological polar surface area (TPSA) is 94.3 Å². The largest absolute Gasteiger partial charge is 0.490 e. The number of halogens is 1. The summed E-state index contributed by atoms with van der Waals surface area (Å²) in [5.41, 5.74) is 0.336. The first-order valence-electron chi connectivity index (χ1n) is 5.61. The molecule has 0 aliphatic carbocycles. The van der Waals surface area contributed by atoms with E-state index in [4.69, 9.17) is 21.4 Å². The van der Waals surface area contributed by atoms with Gasteiger partial charge in [-0.05, 0) is 18.2 Å². The van der Waals surface area contributed by atoms with E-state index < -0.39 is 5.97 Å². The van der Waals surface area contributed by atoms with Gasteiger partial charge in [0.1, 0.15) is 18.6 Å². The number of nitrogens with zero attached hydrogens (tertiary/aromatic N) is 3. The highest BCUT2D eigenvalue weighted by molar-refractivity contribution is 6.32. The molecule has 2 aromatic rings. The molecule has 0 unspecified atom stereocenters. The number of hydrogen-bond donors (Lipinski definition) is 1. The van der Waals surface area contributed by atoms with Crippen molar-refractivity contribution >= 4 is 23.9 Å². The van der Waals surface area contributed by atoms with Crippen molar-refractivity contribution in [2.45, 2.75) is 6.54 Å². The summed E-state index contributed by atoms with van der Waals surface area (Å²) in [6, 6.07) is 4.68. The number of carboxylic acid groups (broad SMARTS) is 1. The number of aldehydes is 1. The van der Waals surface area contributed by atoms with Crippen LogP contribution in [0.3, 0.4) is 0 Å². The van der Waals surface area contributed by atoms with Gasteiger partial charge in [0, 0.05) is 5.56 Å². The van der Waals surface area contributed by atoms with E-state index in [-0.39, 0.29) is 12.3 Å². The molecule has 0 radical (unpaired) electrons. The Balaban J connectivity index is 1.92. The van der Waals surface area contributed by atoms with Crippen LogP contribution in [-0.4, -0.2) is 39.0 Å². The molecule has 104 valence electrons. The lowest BCUT2D eigenvalue weighted by atomic mass is 10.2. The van der Waals surface area contributed by atoms with Crippen molar-refractivity contribution in [1.29, 1.82) is 0 Å². The number of rotatable bonds is 6. The predicted octanol–water partition coefficient (Wildman–Crippen LogP) is 1.52. The van der Waals surface area contributed by atoms with Crippen LogP contribution < -0.4 is 4.74 Å². The molecule has 0 atom stereocenters. The second-order valence-corrected chi connectivity index (χ2v) is 4.24. The van der Waals surface area contributed by atoms with Gasteiger partial charge >= 0.3 is 5.97 Å². The van der Waals surface area contributed by atoms with Gasteiger partial charge in [-0.25, -0.2) is 9.48 Å². The maximum absolute atomic E-state index is 10.6. The molecule has 1 heterocycles. The van der Waals surface area contributed by atoms with Crippen molar-refractivity contribution in [2.24, 2.45) is 0 Å². The number of hydrogen-bond acceptors (Lipinski definition) is 5. The SMILES string of the molecule is O=Cc1ccc(OCCn2cc(C(=O)O)nn2)c(Cl)c1. The smallest absolute Gasteiger partial charge is 0.358 e. The summed E-state index contributed by atoms with van der Waals surface area (Å²) in [4.78, 5) is 21.2. The molecule has 7 nitrogen and oxygen atoms in total. The summed E-state index contributed by atoms with van der Waals surface area (Å²) < 4.78 is 6.78. The molecular formula is C12H10ClN3O4. The first-order chi connectivity index (χ1) is 9.60. The molecule has 0 aliphatic rings. The van der Waals surface area contributed by atoms with Gasteiger partial charge in [0.15, 0.2) is 5.69 Å². The van der Waals surface area contributed by atoms with Gasteiger partial charge in [0.2, 0.25) is 0 Å². The molecule has 1 aromatic carbocycles. The summed E-state index contributed by atoms with van der Waals surface area (Å²) in [6.07, 6.45) is 2.00. The third kappa shape index (κ3) is 3.33. The quantitative estimate of drug-likeness (QED) is 0.812. The molecule has 1 aromatic heterocycles. The minimum Gasteiger partial charge on any atom is -0.490 e. The number of carbonyl (C=O) groups is 2. The zero-order chi connectivity index (χ0) is 14.5. The van der Waals surface area contributed by atoms with E-state index in [1.165, 1.54) is 16.9 Å².